The summed E-state index contributed by atoms with van der Waals surface area (Å²) in [7, 11) is 3.68. The third-order valence-electron chi connectivity index (χ3n) is 2.48. The van der Waals surface area contributed by atoms with Gasteiger partial charge in [0.15, 0.2) is 0 Å². The van der Waals surface area contributed by atoms with Gasteiger partial charge in [0.1, 0.15) is 23.5 Å². The predicted octanol–water partition coefficient (Wildman–Crippen LogP) is 1.33. The first kappa shape index (κ1) is 15.0. The van der Waals surface area contributed by atoms with Crippen molar-refractivity contribution in [3.63, 3.8) is 0 Å². The summed E-state index contributed by atoms with van der Waals surface area (Å²) in [6.07, 6.45) is 0. The molecule has 0 aliphatic rings. The molecule has 0 amide bonds. The summed E-state index contributed by atoms with van der Waals surface area (Å²) < 4.78 is 5.35. The van der Waals surface area contributed by atoms with E-state index in [2.05, 4.69) is 0 Å². The van der Waals surface area contributed by atoms with Gasteiger partial charge in [-0.2, -0.15) is 0 Å². The molecule has 104 valence electrons. The first-order chi connectivity index (χ1) is 8.82. The fourth-order valence-electron chi connectivity index (χ4n) is 1.58. The van der Waals surface area contributed by atoms with E-state index in [4.69, 9.17) is 14.9 Å². The smallest absolute Gasteiger partial charge is 0.339 e. The van der Waals surface area contributed by atoms with E-state index in [1.807, 2.05) is 19.0 Å². The van der Waals surface area contributed by atoms with E-state index in [9.17, 15) is 9.59 Å². The molecule has 0 saturated carbocycles. The lowest BCUT2D eigenvalue weighted by molar-refractivity contribution is 0.0687. The molecule has 6 nitrogen and oxygen atoms in total. The van der Waals surface area contributed by atoms with Gasteiger partial charge in [-0.1, -0.05) is 0 Å². The summed E-state index contributed by atoms with van der Waals surface area (Å²) in [6.45, 7) is 2.42. The monoisotopic (exact) mass is 267 g/mol. The molecule has 2 N–H and O–H groups in total. The number of hydrogen-bond acceptors (Lipinski definition) is 4. The Morgan fingerprint density at radius 3 is 2.00 bits per heavy atom. The van der Waals surface area contributed by atoms with E-state index in [-0.39, 0.29) is 23.5 Å². The summed E-state index contributed by atoms with van der Waals surface area (Å²) >= 11 is 0. The van der Waals surface area contributed by atoms with Crippen molar-refractivity contribution in [2.24, 2.45) is 0 Å². The van der Waals surface area contributed by atoms with Crippen LogP contribution in [-0.2, 0) is 0 Å². The highest BCUT2D eigenvalue weighted by atomic mass is 16.5. The highest BCUT2D eigenvalue weighted by Crippen LogP contribution is 2.26. The van der Waals surface area contributed by atoms with Gasteiger partial charge in [0.2, 0.25) is 0 Å². The maximum atomic E-state index is 11.2. The minimum Gasteiger partial charge on any atom is -0.490 e. The summed E-state index contributed by atoms with van der Waals surface area (Å²) in [6, 6.07) is 2.81. The van der Waals surface area contributed by atoms with Gasteiger partial charge in [-0.15, -0.1) is 0 Å². The fourth-order valence-corrected chi connectivity index (χ4v) is 1.58. The second-order valence-corrected chi connectivity index (χ2v) is 4.45. The first-order valence-corrected chi connectivity index (χ1v) is 5.71. The van der Waals surface area contributed by atoms with Crippen molar-refractivity contribution in [3.05, 3.63) is 28.8 Å². The van der Waals surface area contributed by atoms with E-state index in [0.29, 0.717) is 12.1 Å². The van der Waals surface area contributed by atoms with Crippen LogP contribution in [0.5, 0.6) is 5.75 Å². The Morgan fingerprint density at radius 2 is 1.63 bits per heavy atom. The molecule has 0 atom stereocenters. The van der Waals surface area contributed by atoms with Crippen LogP contribution in [0.3, 0.4) is 0 Å². The summed E-state index contributed by atoms with van der Waals surface area (Å²) in [5.74, 6) is -2.50. The number of carboxylic acid groups (broad SMARTS) is 2. The van der Waals surface area contributed by atoms with E-state index in [0.717, 1.165) is 0 Å². The van der Waals surface area contributed by atoms with Gasteiger partial charge in [-0.25, -0.2) is 9.59 Å². The molecule has 1 aromatic carbocycles. The second kappa shape index (κ2) is 6.19. The Kier molecular flexibility index (Phi) is 4.88. The van der Waals surface area contributed by atoms with Gasteiger partial charge in [0.25, 0.3) is 0 Å². The van der Waals surface area contributed by atoms with Crippen molar-refractivity contribution < 1.29 is 24.5 Å². The first-order valence-electron chi connectivity index (χ1n) is 5.71. The van der Waals surface area contributed by atoms with E-state index in [1.165, 1.54) is 12.1 Å². The predicted molar refractivity (Wildman–Crippen MR) is 69.1 cm³/mol. The minimum atomic E-state index is -1.20. The van der Waals surface area contributed by atoms with Crippen LogP contribution >= 0.6 is 0 Å². The third-order valence-corrected chi connectivity index (χ3v) is 2.48. The van der Waals surface area contributed by atoms with Gasteiger partial charge < -0.3 is 19.8 Å². The highest BCUT2D eigenvalue weighted by molar-refractivity contribution is 5.99. The number of carbonyl (C=O) groups is 2. The average Bonchev–Trinajstić information content (AvgIpc) is 2.29. The minimum absolute atomic E-state index is 0.0903. The van der Waals surface area contributed by atoms with Crippen molar-refractivity contribution in [2.75, 3.05) is 27.2 Å². The maximum Gasteiger partial charge on any atom is 0.339 e. The van der Waals surface area contributed by atoms with Gasteiger partial charge in [0.05, 0.1) is 0 Å². The van der Waals surface area contributed by atoms with Crippen molar-refractivity contribution in [2.45, 2.75) is 6.92 Å². The summed E-state index contributed by atoms with van der Waals surface area (Å²) in [5.41, 5.74) is 0.307. The van der Waals surface area contributed by atoms with Gasteiger partial charge >= 0.3 is 11.9 Å². The molecule has 0 spiro atoms. The van der Waals surface area contributed by atoms with Crippen molar-refractivity contribution >= 4 is 11.9 Å². The molecule has 0 unspecified atom stereocenters. The van der Waals surface area contributed by atoms with Crippen LogP contribution in [0.1, 0.15) is 26.3 Å². The molecule has 0 fully saturated rings. The second-order valence-electron chi connectivity index (χ2n) is 4.45. The third kappa shape index (κ3) is 3.96. The van der Waals surface area contributed by atoms with Gasteiger partial charge in [-0.3, -0.25) is 0 Å². The molecule has 0 bridgehead atoms. The topological polar surface area (TPSA) is 87.1 Å². The number of likely N-dealkylation sites (N-methyl/N-ethyl adjacent to an activating group) is 1. The number of carboxylic acids is 2. The normalized spacial score (nSPS) is 10.5. The number of rotatable bonds is 6. The van der Waals surface area contributed by atoms with Crippen LogP contribution in [0.25, 0.3) is 0 Å². The zero-order valence-electron chi connectivity index (χ0n) is 11.1. The maximum absolute atomic E-state index is 11.2. The molecule has 0 radical (unpaired) electrons. The lowest BCUT2D eigenvalue weighted by atomic mass is 10.0. The molecule has 1 aromatic rings. The van der Waals surface area contributed by atoms with E-state index in [1.54, 1.807) is 6.92 Å². The van der Waals surface area contributed by atoms with Crippen molar-refractivity contribution in [1.29, 1.82) is 0 Å². The molecule has 0 aliphatic carbocycles. The molecule has 6 heteroatoms. The number of benzene rings is 1. The van der Waals surface area contributed by atoms with E-state index >= 15 is 0 Å². The van der Waals surface area contributed by atoms with Crippen LogP contribution < -0.4 is 4.74 Å². The van der Waals surface area contributed by atoms with Crippen molar-refractivity contribution in [3.8, 4) is 5.75 Å². The summed E-state index contributed by atoms with van der Waals surface area (Å²) in [4.78, 5) is 24.2. The molecule has 0 aliphatic heterocycles. The standard InChI is InChI=1S/C13H17NO5/c1-8-6-9(12(15)16)11(10(7-8)13(17)18)19-5-4-14(2)3/h6-7H,4-5H2,1-3H3,(H,15,16)(H,17,18). The van der Waals surface area contributed by atoms with Crippen LogP contribution in [0, 0.1) is 6.92 Å². The molecule has 19 heavy (non-hydrogen) atoms. The van der Waals surface area contributed by atoms with Gasteiger partial charge in [0, 0.05) is 6.54 Å². The molecular formula is C13H17NO5. The lowest BCUT2D eigenvalue weighted by Gasteiger charge is -2.15. The van der Waals surface area contributed by atoms with Crippen LogP contribution in [0.4, 0.5) is 0 Å². The van der Waals surface area contributed by atoms with Crippen LogP contribution in [0.2, 0.25) is 0 Å². The Hall–Kier alpha value is -2.08. The number of hydrogen-bond donors (Lipinski definition) is 2. The number of nitrogens with zero attached hydrogens (tertiary/aromatic N) is 1. The lowest BCUT2D eigenvalue weighted by Crippen LogP contribution is -2.21. The molecule has 0 aromatic heterocycles. The highest BCUT2D eigenvalue weighted by Gasteiger charge is 2.20. The zero-order chi connectivity index (χ0) is 14.6. The number of aryl methyl sites for hydroxylation is 1. The SMILES string of the molecule is Cc1cc(C(=O)O)c(OCCN(C)C)c(C(=O)O)c1. The van der Waals surface area contributed by atoms with E-state index < -0.39 is 11.9 Å². The Balaban J connectivity index is 3.16. The number of aromatic carboxylic acids is 2. The molecule has 0 heterocycles. The van der Waals surface area contributed by atoms with Gasteiger partial charge in [-0.05, 0) is 38.7 Å². The average molecular weight is 267 g/mol. The largest absolute Gasteiger partial charge is 0.490 e. The Bertz CT molecular complexity index is 461. The zero-order valence-corrected chi connectivity index (χ0v) is 11.1. The molecule has 1 rings (SSSR count). The molecular weight excluding hydrogens is 250 g/mol. The number of ether oxygens (including phenoxy) is 1. The van der Waals surface area contributed by atoms with Crippen LogP contribution in [-0.4, -0.2) is 54.3 Å². The Morgan fingerprint density at radius 1 is 1.16 bits per heavy atom. The van der Waals surface area contributed by atoms with Crippen molar-refractivity contribution in [1.82, 2.24) is 4.90 Å². The Labute approximate surface area is 111 Å². The fraction of sp³-hybridized carbons (Fsp3) is 0.385. The quantitative estimate of drug-likeness (QED) is 0.808. The summed E-state index contributed by atoms with van der Waals surface area (Å²) in [5, 5.41) is 18.2. The molecule has 0 saturated heterocycles. The van der Waals surface area contributed by atoms with Crippen LogP contribution in [0.15, 0.2) is 12.1 Å².